The number of nitrogens with zero attached hydrogens (tertiary/aromatic N) is 2. The largest absolute Gasteiger partial charge is 0.338 e. The molecule has 1 saturated carbocycles. The second-order valence-corrected chi connectivity index (χ2v) is 8.07. The fraction of sp³-hybridized carbons (Fsp3) is 0.550. The Morgan fingerprint density at radius 2 is 1.86 bits per heavy atom. The Balaban J connectivity index is 1.40. The zero-order chi connectivity index (χ0) is 19.9. The molecule has 1 aromatic rings. The molecule has 3 aliphatic rings. The van der Waals surface area contributed by atoms with Crippen molar-refractivity contribution in [2.75, 3.05) is 13.1 Å². The number of rotatable bonds is 4. The van der Waals surface area contributed by atoms with Gasteiger partial charge in [-0.15, -0.1) is 0 Å². The summed E-state index contributed by atoms with van der Waals surface area (Å²) in [7, 11) is 0. The first-order valence-corrected chi connectivity index (χ1v) is 9.74. The smallest absolute Gasteiger partial charge is 0.325 e. The molecule has 0 radical (unpaired) electrons. The van der Waals surface area contributed by atoms with E-state index in [1.165, 1.54) is 15.9 Å². The molecule has 1 aliphatic carbocycles. The maximum Gasteiger partial charge on any atom is 0.325 e. The molecule has 0 bridgehead atoms. The molecule has 2 aliphatic heterocycles. The Hall–Kier alpha value is -2.51. The molecule has 1 aromatic carbocycles. The van der Waals surface area contributed by atoms with Gasteiger partial charge in [-0.25, -0.2) is 13.6 Å². The van der Waals surface area contributed by atoms with Crippen molar-refractivity contribution in [3.8, 4) is 0 Å². The molecule has 4 rings (SSSR count). The standard InChI is InChI=1S/C20H23F2N3O3/c21-15-5-4-14(16(22)9-15)12-24-10-13(8-17(24)26)11-25-18(27)20(23-19(25)28)6-2-1-3-7-20/h4-5,9,13H,1-3,6-8,10-12H2,(H,23,28). The Kier molecular flexibility index (Phi) is 4.81. The van der Waals surface area contributed by atoms with Crippen molar-refractivity contribution in [3.05, 3.63) is 35.4 Å². The van der Waals surface area contributed by atoms with Crippen LogP contribution in [0.4, 0.5) is 13.6 Å². The van der Waals surface area contributed by atoms with Crippen molar-refractivity contribution in [1.82, 2.24) is 15.1 Å². The maximum atomic E-state index is 13.9. The SMILES string of the molecule is O=C1CC(CN2C(=O)NC3(CCCCC3)C2=O)CN1Cc1ccc(F)cc1F. The Morgan fingerprint density at radius 3 is 2.57 bits per heavy atom. The average Bonchev–Trinajstić information content (AvgIpc) is 3.10. The van der Waals surface area contributed by atoms with Crippen LogP contribution in [0.1, 0.15) is 44.1 Å². The molecule has 150 valence electrons. The molecule has 0 aromatic heterocycles. The third-order valence-electron chi connectivity index (χ3n) is 6.06. The van der Waals surface area contributed by atoms with Gasteiger partial charge in [-0.05, 0) is 18.9 Å². The van der Waals surface area contributed by atoms with Crippen LogP contribution in [0.15, 0.2) is 18.2 Å². The van der Waals surface area contributed by atoms with Gasteiger partial charge in [0.25, 0.3) is 5.91 Å². The molecule has 2 heterocycles. The van der Waals surface area contributed by atoms with E-state index in [0.717, 1.165) is 31.4 Å². The molecule has 6 nitrogen and oxygen atoms in total. The number of carbonyl (C=O) groups is 3. The molecule has 8 heteroatoms. The summed E-state index contributed by atoms with van der Waals surface area (Å²) in [4.78, 5) is 40.3. The van der Waals surface area contributed by atoms with Crippen LogP contribution in [-0.4, -0.2) is 46.3 Å². The highest BCUT2D eigenvalue weighted by molar-refractivity contribution is 6.07. The fourth-order valence-corrected chi connectivity index (χ4v) is 4.58. The number of hydrogen-bond donors (Lipinski definition) is 1. The maximum absolute atomic E-state index is 13.9. The Labute approximate surface area is 161 Å². The van der Waals surface area contributed by atoms with E-state index in [1.807, 2.05) is 0 Å². The van der Waals surface area contributed by atoms with Gasteiger partial charge in [-0.2, -0.15) is 0 Å². The molecule has 2 saturated heterocycles. The van der Waals surface area contributed by atoms with Gasteiger partial charge in [0.15, 0.2) is 0 Å². The van der Waals surface area contributed by atoms with Crippen LogP contribution in [0, 0.1) is 17.6 Å². The van der Waals surface area contributed by atoms with E-state index in [4.69, 9.17) is 0 Å². The van der Waals surface area contributed by atoms with Crippen LogP contribution in [0.25, 0.3) is 0 Å². The van der Waals surface area contributed by atoms with Gasteiger partial charge >= 0.3 is 6.03 Å². The van der Waals surface area contributed by atoms with Crippen LogP contribution < -0.4 is 5.32 Å². The second-order valence-electron chi connectivity index (χ2n) is 8.07. The zero-order valence-corrected chi connectivity index (χ0v) is 15.5. The van der Waals surface area contributed by atoms with E-state index in [2.05, 4.69) is 5.32 Å². The molecule has 1 N–H and O–H groups in total. The fourth-order valence-electron chi connectivity index (χ4n) is 4.58. The molecule has 1 unspecified atom stereocenters. The van der Waals surface area contributed by atoms with Gasteiger partial charge in [-0.3, -0.25) is 14.5 Å². The number of imide groups is 1. The Bertz CT molecular complexity index is 823. The summed E-state index contributed by atoms with van der Waals surface area (Å²) >= 11 is 0. The quantitative estimate of drug-likeness (QED) is 0.802. The number of likely N-dealkylation sites (tertiary alicyclic amines) is 1. The minimum atomic E-state index is -0.769. The highest BCUT2D eigenvalue weighted by atomic mass is 19.1. The monoisotopic (exact) mass is 391 g/mol. The second kappa shape index (κ2) is 7.14. The molecule has 3 fully saturated rings. The Morgan fingerprint density at radius 1 is 1.11 bits per heavy atom. The molecule has 4 amide bonds. The van der Waals surface area contributed by atoms with Gasteiger partial charge in [0.2, 0.25) is 5.91 Å². The van der Waals surface area contributed by atoms with E-state index in [0.29, 0.717) is 19.4 Å². The van der Waals surface area contributed by atoms with Gasteiger partial charge in [0.1, 0.15) is 17.2 Å². The minimum absolute atomic E-state index is 0.0471. The number of amides is 4. The van der Waals surface area contributed by atoms with Crippen LogP contribution in [0.5, 0.6) is 0 Å². The third-order valence-corrected chi connectivity index (χ3v) is 6.06. The number of hydrogen-bond acceptors (Lipinski definition) is 3. The first-order valence-electron chi connectivity index (χ1n) is 9.74. The van der Waals surface area contributed by atoms with E-state index >= 15 is 0 Å². The summed E-state index contributed by atoms with van der Waals surface area (Å²) in [6, 6.07) is 2.90. The lowest BCUT2D eigenvalue weighted by Gasteiger charge is -2.30. The molecular formula is C20H23F2N3O3. The van der Waals surface area contributed by atoms with Crippen LogP contribution in [0.2, 0.25) is 0 Å². The lowest BCUT2D eigenvalue weighted by molar-refractivity contribution is -0.133. The zero-order valence-electron chi connectivity index (χ0n) is 15.5. The van der Waals surface area contributed by atoms with Crippen molar-refractivity contribution in [1.29, 1.82) is 0 Å². The van der Waals surface area contributed by atoms with Crippen molar-refractivity contribution in [2.45, 2.75) is 50.6 Å². The average molecular weight is 391 g/mol. The van der Waals surface area contributed by atoms with E-state index in [-0.39, 0.29) is 48.8 Å². The van der Waals surface area contributed by atoms with Crippen molar-refractivity contribution in [2.24, 2.45) is 5.92 Å². The van der Waals surface area contributed by atoms with Crippen LogP contribution in [0.3, 0.4) is 0 Å². The van der Waals surface area contributed by atoms with Crippen molar-refractivity contribution >= 4 is 17.8 Å². The number of halogens is 2. The highest BCUT2D eigenvalue weighted by Crippen LogP contribution is 2.34. The summed E-state index contributed by atoms with van der Waals surface area (Å²) < 4.78 is 26.9. The van der Waals surface area contributed by atoms with Gasteiger partial charge < -0.3 is 10.2 Å². The number of carbonyl (C=O) groups excluding carboxylic acids is 3. The number of urea groups is 1. The van der Waals surface area contributed by atoms with Crippen LogP contribution >= 0.6 is 0 Å². The predicted octanol–water partition coefficient (Wildman–Crippen LogP) is 2.57. The summed E-state index contributed by atoms with van der Waals surface area (Å²) in [5.74, 6) is -1.89. The minimum Gasteiger partial charge on any atom is -0.338 e. The first kappa shape index (κ1) is 18.8. The highest BCUT2D eigenvalue weighted by Gasteiger charge is 2.52. The molecule has 1 spiro atoms. The molecule has 1 atom stereocenters. The summed E-state index contributed by atoms with van der Waals surface area (Å²) in [5.41, 5.74) is -0.527. The van der Waals surface area contributed by atoms with E-state index in [9.17, 15) is 23.2 Å². The number of benzene rings is 1. The van der Waals surface area contributed by atoms with E-state index < -0.39 is 17.2 Å². The van der Waals surface area contributed by atoms with Crippen LogP contribution in [-0.2, 0) is 16.1 Å². The number of nitrogens with one attached hydrogen (secondary N) is 1. The van der Waals surface area contributed by atoms with Crippen molar-refractivity contribution in [3.63, 3.8) is 0 Å². The van der Waals surface area contributed by atoms with Gasteiger partial charge in [0.05, 0.1) is 0 Å². The van der Waals surface area contributed by atoms with Crippen molar-refractivity contribution < 1.29 is 23.2 Å². The van der Waals surface area contributed by atoms with Gasteiger partial charge in [0, 0.05) is 43.6 Å². The van der Waals surface area contributed by atoms with E-state index in [1.54, 1.807) is 0 Å². The summed E-state index contributed by atoms with van der Waals surface area (Å²) in [6.07, 6.45) is 4.42. The summed E-state index contributed by atoms with van der Waals surface area (Å²) in [5, 5.41) is 2.87. The normalized spacial score (nSPS) is 24.4. The first-order chi connectivity index (χ1) is 13.4. The topological polar surface area (TPSA) is 69.7 Å². The lowest BCUT2D eigenvalue weighted by atomic mass is 9.81. The molecule has 28 heavy (non-hydrogen) atoms. The predicted molar refractivity (Wildman–Crippen MR) is 95.9 cm³/mol. The molecular weight excluding hydrogens is 368 g/mol. The third kappa shape index (κ3) is 3.36. The van der Waals surface area contributed by atoms with Gasteiger partial charge in [-0.1, -0.05) is 25.3 Å². The lowest BCUT2D eigenvalue weighted by Crippen LogP contribution is -2.48. The summed E-state index contributed by atoms with van der Waals surface area (Å²) in [6.45, 7) is 0.561.